The van der Waals surface area contributed by atoms with E-state index in [0.29, 0.717) is 4.88 Å². The second-order valence-corrected chi connectivity index (χ2v) is 10.9. The van der Waals surface area contributed by atoms with Crippen LogP contribution in [0.15, 0.2) is 36.4 Å². The second-order valence-electron chi connectivity index (χ2n) is 9.83. The predicted octanol–water partition coefficient (Wildman–Crippen LogP) is 5.62. The number of aryl methyl sites for hydroxylation is 1. The molecule has 2 aromatic heterocycles. The van der Waals surface area contributed by atoms with Gasteiger partial charge in [0.15, 0.2) is 0 Å². The van der Waals surface area contributed by atoms with Crippen LogP contribution in [-0.2, 0) is 4.79 Å². The highest BCUT2D eigenvalue weighted by Crippen LogP contribution is 2.34. The third kappa shape index (κ3) is 4.50. The van der Waals surface area contributed by atoms with E-state index in [1.54, 1.807) is 0 Å². The Bertz CT molecular complexity index is 1160. The maximum Gasteiger partial charge on any atom is 0.264 e. The van der Waals surface area contributed by atoms with Gasteiger partial charge in [0.05, 0.1) is 16.3 Å². The van der Waals surface area contributed by atoms with E-state index in [0.717, 1.165) is 60.1 Å². The molecule has 0 bridgehead atoms. The number of para-hydroxylation sites is 1. The first-order valence-electron chi connectivity index (χ1n) is 12.7. The molecular weight excluding hydrogens is 444 g/mol. The first-order chi connectivity index (χ1) is 16.5. The lowest BCUT2D eigenvalue weighted by atomic mass is 9.95. The van der Waals surface area contributed by atoms with Crippen molar-refractivity contribution in [3.05, 3.63) is 47.0 Å². The highest BCUT2D eigenvalue weighted by Gasteiger charge is 2.36. The van der Waals surface area contributed by atoms with Crippen molar-refractivity contribution in [1.29, 1.82) is 0 Å². The number of nitrogens with zero attached hydrogens (tertiary/aromatic N) is 3. The van der Waals surface area contributed by atoms with Crippen molar-refractivity contribution >= 4 is 33.4 Å². The Kier molecular flexibility index (Phi) is 6.73. The maximum absolute atomic E-state index is 13.9. The van der Waals surface area contributed by atoms with Crippen LogP contribution in [0.25, 0.3) is 15.9 Å². The van der Waals surface area contributed by atoms with E-state index in [1.807, 2.05) is 59.8 Å². The van der Waals surface area contributed by atoms with Crippen molar-refractivity contribution < 1.29 is 9.59 Å². The number of carbonyl (C=O) groups excluding carboxylic acids is 2. The predicted molar refractivity (Wildman–Crippen MR) is 137 cm³/mol. The summed E-state index contributed by atoms with van der Waals surface area (Å²) in [7, 11) is 0. The van der Waals surface area contributed by atoms with Crippen LogP contribution in [0.4, 0.5) is 0 Å². The molecule has 2 aliphatic rings. The molecule has 0 aliphatic heterocycles. The molecule has 1 atom stereocenters. The zero-order chi connectivity index (χ0) is 23.7. The van der Waals surface area contributed by atoms with Gasteiger partial charge in [0.2, 0.25) is 5.91 Å². The van der Waals surface area contributed by atoms with E-state index >= 15 is 0 Å². The van der Waals surface area contributed by atoms with Gasteiger partial charge in [0, 0.05) is 17.5 Å². The average molecular weight is 479 g/mol. The SMILES string of the molecule is Cc1nn(-c2ccccc2)c2sc(C(=O)N(C3CCCC3)[C@@H](C)C(=O)NC3CCCCC3)cc12. The maximum atomic E-state index is 13.9. The minimum absolute atomic E-state index is 0.0140. The van der Waals surface area contributed by atoms with E-state index in [2.05, 4.69) is 5.32 Å². The Labute approximate surface area is 205 Å². The zero-order valence-electron chi connectivity index (χ0n) is 20.1. The summed E-state index contributed by atoms with van der Waals surface area (Å²) in [4.78, 5) is 30.7. The lowest BCUT2D eigenvalue weighted by Crippen LogP contribution is -2.53. The number of hydrogen-bond donors (Lipinski definition) is 1. The largest absolute Gasteiger partial charge is 0.352 e. The van der Waals surface area contributed by atoms with Gasteiger partial charge in [0.25, 0.3) is 5.91 Å². The monoisotopic (exact) mass is 478 g/mol. The lowest BCUT2D eigenvalue weighted by molar-refractivity contribution is -0.126. The number of fused-ring (bicyclic) bond motifs is 1. The first-order valence-corrected chi connectivity index (χ1v) is 13.5. The van der Waals surface area contributed by atoms with Crippen molar-refractivity contribution in [3.63, 3.8) is 0 Å². The molecule has 2 saturated carbocycles. The van der Waals surface area contributed by atoms with Crippen LogP contribution in [-0.4, -0.2) is 44.6 Å². The first kappa shape index (κ1) is 23.1. The van der Waals surface area contributed by atoms with Crippen LogP contribution < -0.4 is 5.32 Å². The van der Waals surface area contributed by atoms with E-state index in [-0.39, 0.29) is 23.9 Å². The molecule has 5 rings (SSSR count). The van der Waals surface area contributed by atoms with Crippen molar-refractivity contribution in [2.75, 3.05) is 0 Å². The van der Waals surface area contributed by atoms with Gasteiger partial charge in [-0.2, -0.15) is 5.10 Å². The highest BCUT2D eigenvalue weighted by molar-refractivity contribution is 7.20. The van der Waals surface area contributed by atoms with E-state index in [1.165, 1.54) is 30.6 Å². The summed E-state index contributed by atoms with van der Waals surface area (Å²) in [5.41, 5.74) is 1.89. The topological polar surface area (TPSA) is 67.2 Å². The summed E-state index contributed by atoms with van der Waals surface area (Å²) in [6.07, 6.45) is 9.83. The van der Waals surface area contributed by atoms with Gasteiger partial charge in [-0.1, -0.05) is 50.3 Å². The van der Waals surface area contributed by atoms with E-state index < -0.39 is 6.04 Å². The van der Waals surface area contributed by atoms with Crippen LogP contribution in [0.3, 0.4) is 0 Å². The standard InChI is InChI=1S/C27H34N4O2S/c1-18-23-17-24(34-27(23)31(29-18)22-15-7-4-8-16-22)26(33)30(21-13-9-10-14-21)19(2)25(32)28-20-11-5-3-6-12-20/h4,7-8,15-17,19-21H,3,5-6,9-14H2,1-2H3,(H,28,32)/t19-/m0/s1. The van der Waals surface area contributed by atoms with Crippen molar-refractivity contribution in [3.8, 4) is 5.69 Å². The van der Waals surface area contributed by atoms with Crippen LogP contribution in [0, 0.1) is 6.92 Å². The van der Waals surface area contributed by atoms with Crippen LogP contribution in [0.2, 0.25) is 0 Å². The molecule has 2 aliphatic carbocycles. The summed E-state index contributed by atoms with van der Waals surface area (Å²) in [6.45, 7) is 3.89. The molecule has 2 fully saturated rings. The third-order valence-corrected chi connectivity index (χ3v) is 8.56. The zero-order valence-corrected chi connectivity index (χ0v) is 20.9. The highest BCUT2D eigenvalue weighted by atomic mass is 32.1. The Morgan fingerprint density at radius 1 is 1.06 bits per heavy atom. The number of amides is 2. The molecular formula is C27H34N4O2S. The van der Waals surface area contributed by atoms with Gasteiger partial charge in [-0.05, 0) is 57.7 Å². The van der Waals surface area contributed by atoms with Gasteiger partial charge >= 0.3 is 0 Å². The summed E-state index contributed by atoms with van der Waals surface area (Å²) >= 11 is 1.48. The smallest absolute Gasteiger partial charge is 0.264 e. The Morgan fingerprint density at radius 2 is 1.74 bits per heavy atom. The number of hydrogen-bond acceptors (Lipinski definition) is 4. The van der Waals surface area contributed by atoms with Crippen molar-refractivity contribution in [1.82, 2.24) is 20.0 Å². The number of aromatic nitrogens is 2. The summed E-state index contributed by atoms with van der Waals surface area (Å²) in [6, 6.07) is 11.9. The molecule has 1 aromatic carbocycles. The number of carbonyl (C=O) groups is 2. The summed E-state index contributed by atoms with van der Waals surface area (Å²) in [5.74, 6) is -0.0432. The lowest BCUT2D eigenvalue weighted by Gasteiger charge is -2.35. The number of nitrogens with one attached hydrogen (secondary N) is 1. The minimum Gasteiger partial charge on any atom is -0.352 e. The second kappa shape index (κ2) is 9.90. The molecule has 0 radical (unpaired) electrons. The Morgan fingerprint density at radius 3 is 2.44 bits per heavy atom. The fraction of sp³-hybridized carbons (Fsp3) is 0.519. The molecule has 2 heterocycles. The van der Waals surface area contributed by atoms with Gasteiger partial charge in [-0.25, -0.2) is 4.68 Å². The van der Waals surface area contributed by atoms with Crippen molar-refractivity contribution in [2.24, 2.45) is 0 Å². The van der Waals surface area contributed by atoms with Gasteiger partial charge in [-0.3, -0.25) is 9.59 Å². The molecule has 0 spiro atoms. The molecule has 34 heavy (non-hydrogen) atoms. The Balaban J connectivity index is 1.43. The molecule has 180 valence electrons. The quantitative estimate of drug-likeness (QED) is 0.500. The minimum atomic E-state index is -0.477. The fourth-order valence-electron chi connectivity index (χ4n) is 5.56. The molecule has 7 heteroatoms. The number of rotatable bonds is 6. The summed E-state index contributed by atoms with van der Waals surface area (Å²) < 4.78 is 1.92. The normalized spacial score (nSPS) is 18.3. The number of thiophene rings is 1. The summed E-state index contributed by atoms with van der Waals surface area (Å²) in [5, 5.41) is 8.96. The van der Waals surface area contributed by atoms with Gasteiger partial charge < -0.3 is 10.2 Å². The molecule has 2 amide bonds. The third-order valence-electron chi connectivity index (χ3n) is 7.46. The van der Waals surface area contributed by atoms with Crippen LogP contribution >= 0.6 is 11.3 Å². The van der Waals surface area contributed by atoms with Gasteiger partial charge in [-0.15, -0.1) is 11.3 Å². The van der Waals surface area contributed by atoms with E-state index in [4.69, 9.17) is 5.10 Å². The van der Waals surface area contributed by atoms with Crippen LogP contribution in [0.1, 0.15) is 80.1 Å². The van der Waals surface area contributed by atoms with Gasteiger partial charge in [0.1, 0.15) is 10.9 Å². The van der Waals surface area contributed by atoms with Crippen molar-refractivity contribution in [2.45, 2.75) is 89.8 Å². The molecule has 3 aromatic rings. The van der Waals surface area contributed by atoms with E-state index in [9.17, 15) is 9.59 Å². The average Bonchev–Trinajstić information content (AvgIpc) is 3.59. The molecule has 6 nitrogen and oxygen atoms in total. The number of benzene rings is 1. The molecule has 0 unspecified atom stereocenters. The Hall–Kier alpha value is -2.67. The molecule has 0 saturated heterocycles. The fourth-order valence-corrected chi connectivity index (χ4v) is 6.69. The van der Waals surface area contributed by atoms with Crippen LogP contribution in [0.5, 0.6) is 0 Å². The molecule has 1 N–H and O–H groups in total.